The topological polar surface area (TPSA) is 72.6 Å². The fourth-order valence-electron chi connectivity index (χ4n) is 4.45. The van der Waals surface area contributed by atoms with Gasteiger partial charge in [-0.25, -0.2) is 9.78 Å². The number of esters is 1. The molecule has 2 heterocycles. The smallest absolute Gasteiger partial charge is 0.343 e. The number of rotatable bonds is 19. The summed E-state index contributed by atoms with van der Waals surface area (Å²) < 4.78 is 6.97. The van der Waals surface area contributed by atoms with E-state index in [4.69, 9.17) is 9.84 Å². The molecule has 2 aromatic heterocycles. The van der Waals surface area contributed by atoms with Crippen LogP contribution < -0.4 is 4.90 Å². The van der Waals surface area contributed by atoms with Crippen molar-refractivity contribution in [2.45, 2.75) is 118 Å². The Balaban J connectivity index is 1.79. The Hall–Kier alpha value is -2.18. The van der Waals surface area contributed by atoms with Crippen LogP contribution in [0.5, 0.6) is 0 Å². The molecule has 0 N–H and O–H groups in total. The molecule has 0 saturated carbocycles. The third-order valence-corrected chi connectivity index (χ3v) is 6.45. The lowest BCUT2D eigenvalue weighted by Gasteiger charge is -2.23. The molecule has 34 heavy (non-hydrogen) atoms. The van der Waals surface area contributed by atoms with Gasteiger partial charge in [-0.15, -0.1) is 5.10 Å². The number of carbonyl (C=O) groups is 1. The molecule has 0 radical (unpaired) electrons. The highest BCUT2D eigenvalue weighted by molar-refractivity contribution is 5.95. The minimum absolute atomic E-state index is 0.330. The van der Waals surface area contributed by atoms with Crippen molar-refractivity contribution in [3.05, 3.63) is 17.6 Å². The van der Waals surface area contributed by atoms with Crippen molar-refractivity contribution < 1.29 is 9.53 Å². The molecule has 0 amide bonds. The van der Waals surface area contributed by atoms with Gasteiger partial charge >= 0.3 is 5.97 Å². The predicted molar refractivity (Wildman–Crippen MR) is 140 cm³/mol. The summed E-state index contributed by atoms with van der Waals surface area (Å²) in [6.45, 7) is 10.1. The van der Waals surface area contributed by atoms with Gasteiger partial charge in [0.2, 0.25) is 0 Å². The molecule has 0 unspecified atom stereocenters. The second-order valence-corrected chi connectivity index (χ2v) is 9.12. The van der Waals surface area contributed by atoms with Crippen LogP contribution in [0, 0.1) is 0 Å². The summed E-state index contributed by atoms with van der Waals surface area (Å²) in [7, 11) is 0. The maximum atomic E-state index is 12.5. The van der Waals surface area contributed by atoms with E-state index in [1.807, 2.05) is 6.92 Å². The zero-order chi connectivity index (χ0) is 24.6. The van der Waals surface area contributed by atoms with Gasteiger partial charge in [-0.05, 0) is 27.2 Å². The maximum absolute atomic E-state index is 12.5. The van der Waals surface area contributed by atoms with E-state index in [-0.39, 0.29) is 5.97 Å². The van der Waals surface area contributed by atoms with Crippen molar-refractivity contribution in [1.29, 1.82) is 0 Å². The Morgan fingerprint density at radius 1 is 0.853 bits per heavy atom. The molecular formula is C27H47N5O2. The van der Waals surface area contributed by atoms with Crippen LogP contribution in [0.1, 0.15) is 127 Å². The standard InChI is InChI=1S/C27H47N5O2/c1-5-9-10-11-12-13-14-15-16-17-18-19-20-21-24-29-27-28-22-23(26(33)34-8-4)25(32(27)30-24)31(6-2)7-3/h22H,5-21H2,1-4H3. The fraction of sp³-hybridized carbons (Fsp3) is 0.778. The zero-order valence-corrected chi connectivity index (χ0v) is 22.2. The van der Waals surface area contributed by atoms with Gasteiger partial charge in [-0.2, -0.15) is 9.50 Å². The molecule has 0 aliphatic heterocycles. The summed E-state index contributed by atoms with van der Waals surface area (Å²) >= 11 is 0. The number of ether oxygens (including phenoxy) is 1. The van der Waals surface area contributed by atoms with Crippen LogP contribution in [-0.4, -0.2) is 45.2 Å². The molecule has 7 nitrogen and oxygen atoms in total. The van der Waals surface area contributed by atoms with Crippen molar-refractivity contribution >= 4 is 17.6 Å². The lowest BCUT2D eigenvalue weighted by atomic mass is 10.0. The molecule has 0 saturated heterocycles. The Labute approximate surface area is 206 Å². The minimum Gasteiger partial charge on any atom is -0.462 e. The van der Waals surface area contributed by atoms with Gasteiger partial charge in [0.15, 0.2) is 5.82 Å². The van der Waals surface area contributed by atoms with Crippen molar-refractivity contribution in [2.75, 3.05) is 24.6 Å². The van der Waals surface area contributed by atoms with Gasteiger partial charge in [-0.3, -0.25) is 0 Å². The molecular weight excluding hydrogens is 426 g/mol. The number of aryl methyl sites for hydroxylation is 1. The highest BCUT2D eigenvalue weighted by Crippen LogP contribution is 2.22. The van der Waals surface area contributed by atoms with E-state index in [1.165, 1.54) is 77.0 Å². The van der Waals surface area contributed by atoms with Crippen LogP contribution in [0.4, 0.5) is 5.82 Å². The van der Waals surface area contributed by atoms with E-state index in [2.05, 4.69) is 35.6 Å². The number of nitrogens with zero attached hydrogens (tertiary/aromatic N) is 5. The summed E-state index contributed by atoms with van der Waals surface area (Å²) in [6.07, 6.45) is 19.8. The predicted octanol–water partition coefficient (Wildman–Crippen LogP) is 6.78. The molecule has 192 valence electrons. The first kappa shape index (κ1) is 28.1. The molecule has 0 atom stereocenters. The summed E-state index contributed by atoms with van der Waals surface area (Å²) in [5.41, 5.74) is 0.440. The lowest BCUT2D eigenvalue weighted by molar-refractivity contribution is 0.0526. The van der Waals surface area contributed by atoms with E-state index < -0.39 is 0 Å². The van der Waals surface area contributed by atoms with E-state index in [9.17, 15) is 4.79 Å². The quantitative estimate of drug-likeness (QED) is 0.165. The largest absolute Gasteiger partial charge is 0.462 e. The molecule has 0 aromatic carbocycles. The van der Waals surface area contributed by atoms with Crippen molar-refractivity contribution in [3.63, 3.8) is 0 Å². The first-order valence-electron chi connectivity index (χ1n) is 13.8. The van der Waals surface area contributed by atoms with E-state index in [0.717, 1.165) is 37.6 Å². The van der Waals surface area contributed by atoms with Gasteiger partial charge in [0, 0.05) is 25.7 Å². The third kappa shape index (κ3) is 8.88. The monoisotopic (exact) mass is 473 g/mol. The molecule has 0 bridgehead atoms. The average Bonchev–Trinajstić information content (AvgIpc) is 3.26. The number of hydrogen-bond donors (Lipinski definition) is 0. The zero-order valence-electron chi connectivity index (χ0n) is 22.2. The van der Waals surface area contributed by atoms with E-state index in [0.29, 0.717) is 17.9 Å². The summed E-state index contributed by atoms with van der Waals surface area (Å²) in [4.78, 5) is 23.6. The van der Waals surface area contributed by atoms with E-state index in [1.54, 1.807) is 10.7 Å². The minimum atomic E-state index is -0.368. The third-order valence-electron chi connectivity index (χ3n) is 6.45. The van der Waals surface area contributed by atoms with Gasteiger partial charge < -0.3 is 9.64 Å². The van der Waals surface area contributed by atoms with Crippen LogP contribution in [0.25, 0.3) is 5.78 Å². The van der Waals surface area contributed by atoms with Crippen molar-refractivity contribution in [2.24, 2.45) is 0 Å². The number of carbonyl (C=O) groups excluding carboxylic acids is 1. The summed E-state index contributed by atoms with van der Waals surface area (Å²) in [5, 5.41) is 4.72. The van der Waals surface area contributed by atoms with Crippen molar-refractivity contribution in [3.8, 4) is 0 Å². The summed E-state index contributed by atoms with van der Waals surface area (Å²) in [5.74, 6) is 1.69. The van der Waals surface area contributed by atoms with Crippen LogP contribution >= 0.6 is 0 Å². The number of hydrogen-bond acceptors (Lipinski definition) is 6. The van der Waals surface area contributed by atoms with Crippen LogP contribution in [0.15, 0.2) is 6.20 Å². The first-order valence-corrected chi connectivity index (χ1v) is 13.8. The fourth-order valence-corrected chi connectivity index (χ4v) is 4.45. The number of unbranched alkanes of at least 4 members (excludes halogenated alkanes) is 12. The molecule has 2 aromatic rings. The summed E-state index contributed by atoms with van der Waals surface area (Å²) in [6, 6.07) is 0. The number of fused-ring (bicyclic) bond motifs is 1. The molecule has 0 spiro atoms. The van der Waals surface area contributed by atoms with Gasteiger partial charge in [0.25, 0.3) is 5.78 Å². The van der Waals surface area contributed by atoms with Gasteiger partial charge in [0.1, 0.15) is 11.4 Å². The first-order chi connectivity index (χ1) is 16.7. The van der Waals surface area contributed by atoms with Crippen LogP contribution in [0.3, 0.4) is 0 Å². The number of aromatic nitrogens is 4. The Morgan fingerprint density at radius 2 is 1.41 bits per heavy atom. The van der Waals surface area contributed by atoms with Gasteiger partial charge in [0.05, 0.1) is 6.61 Å². The highest BCUT2D eigenvalue weighted by atomic mass is 16.5. The molecule has 7 heteroatoms. The molecule has 2 rings (SSSR count). The Bertz CT molecular complexity index is 832. The second-order valence-electron chi connectivity index (χ2n) is 9.12. The molecule has 0 aliphatic carbocycles. The Morgan fingerprint density at radius 3 is 1.94 bits per heavy atom. The Kier molecular flexibility index (Phi) is 13.6. The maximum Gasteiger partial charge on any atom is 0.343 e. The lowest BCUT2D eigenvalue weighted by Crippen LogP contribution is -2.28. The molecule has 0 fully saturated rings. The highest BCUT2D eigenvalue weighted by Gasteiger charge is 2.22. The van der Waals surface area contributed by atoms with Crippen LogP contribution in [-0.2, 0) is 11.2 Å². The van der Waals surface area contributed by atoms with Crippen LogP contribution in [0.2, 0.25) is 0 Å². The SMILES string of the molecule is CCCCCCCCCCCCCCCc1nc2ncc(C(=O)OCC)c(N(CC)CC)n2n1. The van der Waals surface area contributed by atoms with Gasteiger partial charge in [-0.1, -0.05) is 84.0 Å². The second kappa shape index (κ2) is 16.4. The number of anilines is 1. The molecule has 0 aliphatic rings. The van der Waals surface area contributed by atoms with E-state index >= 15 is 0 Å². The van der Waals surface area contributed by atoms with Crippen molar-refractivity contribution in [1.82, 2.24) is 19.6 Å². The average molecular weight is 474 g/mol. The normalized spacial score (nSPS) is 11.3.